The molecule has 0 unspecified atom stereocenters. The molecular weight excluding hydrogens is 368 g/mol. The maximum atomic E-state index is 12.4. The third-order valence-electron chi connectivity index (χ3n) is 6.02. The first-order valence-corrected chi connectivity index (χ1v) is 10.0. The molecule has 0 aliphatic carbocycles. The molecule has 0 aliphatic heterocycles. The van der Waals surface area contributed by atoms with E-state index in [-0.39, 0.29) is 5.69 Å². The molecule has 0 N–H and O–H groups in total. The lowest BCUT2D eigenvalue weighted by Gasteiger charge is -2.18. The first-order chi connectivity index (χ1) is 14.7. The van der Waals surface area contributed by atoms with Crippen molar-refractivity contribution in [3.05, 3.63) is 101 Å². The summed E-state index contributed by atoms with van der Waals surface area (Å²) in [5.41, 5.74) is 6.15. The smallest absolute Gasteiger partial charge is 0.295 e. The number of rotatable bonds is 2. The number of benzene rings is 5. The fourth-order valence-corrected chi connectivity index (χ4v) is 4.58. The highest BCUT2D eigenvalue weighted by molar-refractivity contribution is 6.27. The van der Waals surface area contributed by atoms with E-state index in [0.717, 1.165) is 21.8 Å². The summed E-state index contributed by atoms with van der Waals surface area (Å²) in [4.78, 5) is 16.7. The maximum absolute atomic E-state index is 12.4. The molecule has 1 heterocycles. The van der Waals surface area contributed by atoms with E-state index >= 15 is 0 Å². The minimum Gasteiger partial charge on any atom is -0.295 e. The zero-order valence-corrected chi connectivity index (χ0v) is 16.5. The van der Waals surface area contributed by atoms with Crippen LogP contribution in [0.25, 0.3) is 54.8 Å². The molecule has 142 valence electrons. The summed E-state index contributed by atoms with van der Waals surface area (Å²) in [6.45, 7) is 0. The minimum atomic E-state index is -0.229. The van der Waals surface area contributed by atoms with E-state index in [4.69, 9.17) is 0 Å². The number of aromatic nitrogens is 2. The fraction of sp³-hybridized carbons (Fsp3) is 0.0370. The quantitative estimate of drug-likeness (QED) is 0.342. The van der Waals surface area contributed by atoms with Gasteiger partial charge in [0.05, 0.1) is 11.0 Å². The predicted octanol–water partition coefficient (Wildman–Crippen LogP) is 6.01. The van der Waals surface area contributed by atoms with Gasteiger partial charge in [0.1, 0.15) is 0 Å². The minimum absolute atomic E-state index is 0.229. The molecule has 0 fully saturated rings. The first kappa shape index (κ1) is 16.9. The van der Waals surface area contributed by atoms with Crippen molar-refractivity contribution < 1.29 is 0 Å². The Hall–Kier alpha value is -3.98. The molecule has 6 rings (SSSR count). The molecule has 0 spiro atoms. The van der Waals surface area contributed by atoms with E-state index in [9.17, 15) is 4.79 Å². The summed E-state index contributed by atoms with van der Waals surface area (Å²) in [6.07, 6.45) is 0. The Kier molecular flexibility index (Phi) is 3.53. The molecule has 6 aromatic rings. The topological polar surface area (TPSA) is 34.9 Å². The Labute approximate surface area is 173 Å². The summed E-state index contributed by atoms with van der Waals surface area (Å²) >= 11 is 0. The van der Waals surface area contributed by atoms with Crippen LogP contribution in [0.2, 0.25) is 0 Å². The fourth-order valence-electron chi connectivity index (χ4n) is 4.58. The normalized spacial score (nSPS) is 11.6. The highest BCUT2D eigenvalue weighted by Crippen LogP contribution is 2.43. The van der Waals surface area contributed by atoms with Crippen LogP contribution in [-0.2, 0) is 7.05 Å². The standard InChI is InChI=1S/C27H18N2O/c1-29-24-15-13-20-22(18-10-6-3-7-11-18)16-21(17-8-4-2-5-9-17)19-12-14-23(28-27(29)30)26(24)25(19)20/h2-16H,1H3. The molecule has 0 saturated carbocycles. The first-order valence-electron chi connectivity index (χ1n) is 10.0. The Balaban J connectivity index is 1.88. The van der Waals surface area contributed by atoms with Gasteiger partial charge >= 0.3 is 5.69 Å². The largest absolute Gasteiger partial charge is 0.348 e. The van der Waals surface area contributed by atoms with E-state index < -0.39 is 0 Å². The van der Waals surface area contributed by atoms with Crippen molar-refractivity contribution in [3.8, 4) is 22.3 Å². The summed E-state index contributed by atoms with van der Waals surface area (Å²) in [6, 6.07) is 31.5. The average Bonchev–Trinajstić information content (AvgIpc) is 2.80. The molecule has 1 aromatic heterocycles. The van der Waals surface area contributed by atoms with E-state index in [1.807, 2.05) is 24.3 Å². The summed E-state index contributed by atoms with van der Waals surface area (Å²) in [5.74, 6) is 0. The van der Waals surface area contributed by atoms with Crippen molar-refractivity contribution in [2.24, 2.45) is 7.05 Å². The van der Waals surface area contributed by atoms with Crippen LogP contribution in [0, 0.1) is 0 Å². The van der Waals surface area contributed by atoms with Gasteiger partial charge < -0.3 is 0 Å². The van der Waals surface area contributed by atoms with Gasteiger partial charge in [0, 0.05) is 17.8 Å². The second-order valence-corrected chi connectivity index (χ2v) is 7.67. The van der Waals surface area contributed by atoms with Crippen molar-refractivity contribution >= 4 is 32.6 Å². The molecule has 5 aromatic carbocycles. The van der Waals surface area contributed by atoms with Gasteiger partial charge in [-0.2, -0.15) is 4.98 Å². The van der Waals surface area contributed by atoms with E-state index in [1.54, 1.807) is 11.6 Å². The van der Waals surface area contributed by atoms with Crippen LogP contribution in [-0.4, -0.2) is 9.55 Å². The molecule has 0 bridgehead atoms. The van der Waals surface area contributed by atoms with Gasteiger partial charge in [-0.3, -0.25) is 4.57 Å². The third kappa shape index (κ3) is 2.32. The van der Waals surface area contributed by atoms with Crippen molar-refractivity contribution in [3.63, 3.8) is 0 Å². The number of nitrogens with zero attached hydrogens (tertiary/aromatic N) is 2. The van der Waals surface area contributed by atoms with Gasteiger partial charge in [-0.15, -0.1) is 0 Å². The van der Waals surface area contributed by atoms with Crippen LogP contribution < -0.4 is 5.69 Å². The molecule has 0 radical (unpaired) electrons. The van der Waals surface area contributed by atoms with Crippen molar-refractivity contribution in [1.29, 1.82) is 0 Å². The molecule has 0 atom stereocenters. The second-order valence-electron chi connectivity index (χ2n) is 7.67. The van der Waals surface area contributed by atoms with E-state index in [0.29, 0.717) is 0 Å². The van der Waals surface area contributed by atoms with Gasteiger partial charge in [0.25, 0.3) is 0 Å². The molecule has 3 heteroatoms. The highest BCUT2D eigenvalue weighted by Gasteiger charge is 2.18. The maximum Gasteiger partial charge on any atom is 0.348 e. The van der Waals surface area contributed by atoms with Crippen LogP contribution >= 0.6 is 0 Å². The summed E-state index contributed by atoms with van der Waals surface area (Å²) < 4.78 is 1.64. The molecule has 0 saturated heterocycles. The summed E-state index contributed by atoms with van der Waals surface area (Å²) in [5, 5.41) is 4.55. The molecule has 0 amide bonds. The van der Waals surface area contributed by atoms with E-state index in [1.165, 1.54) is 33.0 Å². The van der Waals surface area contributed by atoms with Crippen LogP contribution in [0.1, 0.15) is 0 Å². The van der Waals surface area contributed by atoms with Crippen molar-refractivity contribution in [1.82, 2.24) is 9.55 Å². The number of hydrogen-bond acceptors (Lipinski definition) is 2. The van der Waals surface area contributed by atoms with Crippen LogP contribution in [0.3, 0.4) is 0 Å². The molecule has 0 aliphatic rings. The SMILES string of the molecule is Cn1c(=O)nc2ccc3c(-c4ccccc4)cc(-c4ccccc4)c4ccc1c2c34. The molecule has 3 nitrogen and oxygen atoms in total. The lowest BCUT2D eigenvalue weighted by Crippen LogP contribution is -2.20. The third-order valence-corrected chi connectivity index (χ3v) is 6.02. The van der Waals surface area contributed by atoms with Gasteiger partial charge in [-0.1, -0.05) is 72.8 Å². The highest BCUT2D eigenvalue weighted by atomic mass is 16.1. The van der Waals surface area contributed by atoms with Gasteiger partial charge in [0.2, 0.25) is 0 Å². The monoisotopic (exact) mass is 386 g/mol. The Bertz CT molecular complexity index is 1540. The zero-order valence-electron chi connectivity index (χ0n) is 16.5. The number of hydrogen-bond donors (Lipinski definition) is 0. The second kappa shape index (κ2) is 6.26. The summed E-state index contributed by atoms with van der Waals surface area (Å²) in [7, 11) is 1.79. The molecular formula is C27H18N2O. The van der Waals surface area contributed by atoms with Crippen LogP contribution in [0.15, 0.2) is 95.8 Å². The van der Waals surface area contributed by atoms with Gasteiger partial charge in [-0.05, 0) is 51.2 Å². The van der Waals surface area contributed by atoms with Crippen molar-refractivity contribution in [2.75, 3.05) is 0 Å². The van der Waals surface area contributed by atoms with Gasteiger partial charge in [-0.25, -0.2) is 4.79 Å². The van der Waals surface area contributed by atoms with Crippen molar-refractivity contribution in [2.45, 2.75) is 0 Å². The Morgan fingerprint density at radius 1 is 0.667 bits per heavy atom. The van der Waals surface area contributed by atoms with Crippen LogP contribution in [0.5, 0.6) is 0 Å². The lowest BCUT2D eigenvalue weighted by atomic mass is 9.87. The lowest BCUT2D eigenvalue weighted by molar-refractivity contribution is 0.862. The van der Waals surface area contributed by atoms with E-state index in [2.05, 4.69) is 71.7 Å². The average molecular weight is 386 g/mol. The van der Waals surface area contributed by atoms with Gasteiger partial charge in [0.15, 0.2) is 0 Å². The molecule has 30 heavy (non-hydrogen) atoms. The van der Waals surface area contributed by atoms with Crippen LogP contribution in [0.4, 0.5) is 0 Å². The predicted molar refractivity (Wildman–Crippen MR) is 124 cm³/mol. The Morgan fingerprint density at radius 2 is 1.23 bits per heavy atom. The number of aryl methyl sites for hydroxylation is 1. The zero-order chi connectivity index (χ0) is 20.2. The Morgan fingerprint density at radius 3 is 1.83 bits per heavy atom.